The van der Waals surface area contributed by atoms with Gasteiger partial charge in [-0.1, -0.05) is 40.5 Å². The van der Waals surface area contributed by atoms with Crippen molar-refractivity contribution < 1.29 is 0 Å². The molecule has 96 valence electrons. The Hall–Kier alpha value is -0.0800. The molecule has 16 heavy (non-hydrogen) atoms. The molecule has 2 N–H and O–H groups in total. The molecule has 0 bridgehead atoms. The quantitative estimate of drug-likeness (QED) is 0.754. The van der Waals surface area contributed by atoms with Gasteiger partial charge < -0.3 is 5.73 Å². The molecule has 0 saturated heterocycles. The van der Waals surface area contributed by atoms with Crippen molar-refractivity contribution in [2.45, 2.75) is 71.4 Å². The van der Waals surface area contributed by atoms with Crippen LogP contribution in [0, 0.1) is 5.92 Å². The van der Waals surface area contributed by atoms with Crippen molar-refractivity contribution in [3.05, 3.63) is 0 Å². The molecule has 0 aromatic heterocycles. The Morgan fingerprint density at radius 2 is 1.62 bits per heavy atom. The maximum Gasteiger partial charge on any atom is 0.0360 e. The minimum atomic E-state index is 0.313. The van der Waals surface area contributed by atoms with Crippen LogP contribution in [0.3, 0.4) is 0 Å². The SMILES string of the molecule is CCN(CC)C1(C(N)CC(C)C)CCCC1. The van der Waals surface area contributed by atoms with E-state index in [1.165, 1.54) is 25.7 Å². The molecule has 0 spiro atoms. The Balaban J connectivity index is 2.78. The lowest BCUT2D eigenvalue weighted by molar-refractivity contribution is 0.0698. The molecule has 0 amide bonds. The fourth-order valence-corrected chi connectivity index (χ4v) is 3.49. The zero-order chi connectivity index (χ0) is 12.2. The van der Waals surface area contributed by atoms with E-state index in [4.69, 9.17) is 5.73 Å². The number of nitrogens with zero attached hydrogens (tertiary/aromatic N) is 1. The summed E-state index contributed by atoms with van der Waals surface area (Å²) in [5.41, 5.74) is 6.84. The second kappa shape index (κ2) is 6.02. The average molecular weight is 226 g/mol. The summed E-state index contributed by atoms with van der Waals surface area (Å²) in [6, 6.07) is 0.356. The van der Waals surface area contributed by atoms with E-state index in [2.05, 4.69) is 32.6 Å². The van der Waals surface area contributed by atoms with Gasteiger partial charge in [-0.3, -0.25) is 4.90 Å². The summed E-state index contributed by atoms with van der Waals surface area (Å²) >= 11 is 0. The standard InChI is InChI=1S/C14H30N2/c1-5-16(6-2)14(9-7-8-10-14)13(15)11-12(3)4/h12-13H,5-11,15H2,1-4H3. The van der Waals surface area contributed by atoms with E-state index in [1.54, 1.807) is 0 Å². The van der Waals surface area contributed by atoms with E-state index >= 15 is 0 Å². The van der Waals surface area contributed by atoms with Gasteiger partial charge in [0.2, 0.25) is 0 Å². The third kappa shape index (κ3) is 2.78. The van der Waals surface area contributed by atoms with Gasteiger partial charge >= 0.3 is 0 Å². The Labute approximate surface area is 102 Å². The molecule has 2 nitrogen and oxygen atoms in total. The van der Waals surface area contributed by atoms with Gasteiger partial charge in [-0.15, -0.1) is 0 Å². The highest BCUT2D eigenvalue weighted by molar-refractivity contribution is 5.02. The Morgan fingerprint density at radius 3 is 2.00 bits per heavy atom. The maximum absolute atomic E-state index is 6.53. The highest BCUT2D eigenvalue weighted by Crippen LogP contribution is 2.39. The van der Waals surface area contributed by atoms with Gasteiger partial charge in [0.15, 0.2) is 0 Å². The number of nitrogens with two attached hydrogens (primary N) is 1. The molecule has 0 aromatic carbocycles. The van der Waals surface area contributed by atoms with Crippen molar-refractivity contribution >= 4 is 0 Å². The fourth-order valence-electron chi connectivity index (χ4n) is 3.49. The summed E-state index contributed by atoms with van der Waals surface area (Å²) in [6.45, 7) is 11.4. The molecule has 1 unspecified atom stereocenters. The number of hydrogen-bond acceptors (Lipinski definition) is 2. The largest absolute Gasteiger partial charge is 0.326 e. The van der Waals surface area contributed by atoms with E-state index in [9.17, 15) is 0 Å². The predicted molar refractivity (Wildman–Crippen MR) is 71.6 cm³/mol. The van der Waals surface area contributed by atoms with Crippen LogP contribution in [-0.2, 0) is 0 Å². The van der Waals surface area contributed by atoms with Gasteiger partial charge in [-0.05, 0) is 38.3 Å². The Kier molecular flexibility index (Phi) is 5.26. The smallest absolute Gasteiger partial charge is 0.0360 e. The van der Waals surface area contributed by atoms with Crippen LogP contribution in [0.15, 0.2) is 0 Å². The molecular weight excluding hydrogens is 196 g/mol. The highest BCUT2D eigenvalue weighted by atomic mass is 15.2. The molecule has 1 fully saturated rings. The number of hydrogen-bond donors (Lipinski definition) is 1. The first-order valence-corrected chi connectivity index (χ1v) is 7.07. The van der Waals surface area contributed by atoms with Crippen molar-refractivity contribution in [2.24, 2.45) is 11.7 Å². The number of rotatable bonds is 6. The van der Waals surface area contributed by atoms with E-state index in [1.807, 2.05) is 0 Å². The van der Waals surface area contributed by atoms with Crippen LogP contribution in [0.4, 0.5) is 0 Å². The molecule has 0 radical (unpaired) electrons. The zero-order valence-electron chi connectivity index (χ0n) is 11.6. The second-order valence-electron chi connectivity index (χ2n) is 5.72. The molecule has 0 aliphatic heterocycles. The first-order chi connectivity index (χ1) is 7.56. The highest BCUT2D eigenvalue weighted by Gasteiger charge is 2.43. The molecule has 0 heterocycles. The van der Waals surface area contributed by atoms with Crippen LogP contribution in [0.5, 0.6) is 0 Å². The first-order valence-electron chi connectivity index (χ1n) is 7.07. The molecule has 2 heteroatoms. The van der Waals surface area contributed by atoms with Crippen molar-refractivity contribution in [3.63, 3.8) is 0 Å². The Bertz CT molecular complexity index is 191. The topological polar surface area (TPSA) is 29.3 Å². The normalized spacial score (nSPS) is 21.9. The van der Waals surface area contributed by atoms with Crippen molar-refractivity contribution in [3.8, 4) is 0 Å². The predicted octanol–water partition coefficient (Wildman–Crippen LogP) is 3.01. The summed E-state index contributed by atoms with van der Waals surface area (Å²) in [5, 5.41) is 0. The van der Waals surface area contributed by atoms with Crippen LogP contribution in [-0.4, -0.2) is 29.6 Å². The van der Waals surface area contributed by atoms with Gasteiger partial charge in [0.1, 0.15) is 0 Å². The molecule has 1 atom stereocenters. The first kappa shape index (κ1) is 14.0. The summed E-state index contributed by atoms with van der Waals surface area (Å²) in [5.74, 6) is 0.711. The fraction of sp³-hybridized carbons (Fsp3) is 1.00. The minimum Gasteiger partial charge on any atom is -0.326 e. The van der Waals surface area contributed by atoms with E-state index in [-0.39, 0.29) is 0 Å². The summed E-state index contributed by atoms with van der Waals surface area (Å²) in [7, 11) is 0. The molecule has 1 rings (SSSR count). The van der Waals surface area contributed by atoms with Gasteiger partial charge in [0.05, 0.1) is 0 Å². The number of likely N-dealkylation sites (N-methyl/N-ethyl adjacent to an activating group) is 1. The summed E-state index contributed by atoms with van der Waals surface area (Å²) in [4.78, 5) is 2.62. The minimum absolute atomic E-state index is 0.313. The monoisotopic (exact) mass is 226 g/mol. The van der Waals surface area contributed by atoms with Crippen molar-refractivity contribution in [1.82, 2.24) is 4.90 Å². The third-order valence-corrected chi connectivity index (χ3v) is 4.28. The molecule has 1 saturated carbocycles. The van der Waals surface area contributed by atoms with Crippen LogP contribution >= 0.6 is 0 Å². The Morgan fingerprint density at radius 1 is 1.12 bits per heavy atom. The van der Waals surface area contributed by atoms with Crippen molar-refractivity contribution in [1.29, 1.82) is 0 Å². The third-order valence-electron chi connectivity index (χ3n) is 4.28. The van der Waals surface area contributed by atoms with Crippen molar-refractivity contribution in [2.75, 3.05) is 13.1 Å². The van der Waals surface area contributed by atoms with Gasteiger partial charge in [-0.2, -0.15) is 0 Å². The lowest BCUT2D eigenvalue weighted by Crippen LogP contribution is -2.58. The van der Waals surface area contributed by atoms with E-state index in [0.29, 0.717) is 17.5 Å². The van der Waals surface area contributed by atoms with Crippen LogP contribution < -0.4 is 5.73 Å². The van der Waals surface area contributed by atoms with Crippen LogP contribution in [0.1, 0.15) is 59.8 Å². The molecule has 0 aromatic rings. The van der Waals surface area contributed by atoms with Crippen LogP contribution in [0.2, 0.25) is 0 Å². The molecular formula is C14H30N2. The maximum atomic E-state index is 6.53. The van der Waals surface area contributed by atoms with E-state index in [0.717, 1.165) is 19.5 Å². The van der Waals surface area contributed by atoms with E-state index < -0.39 is 0 Å². The molecule has 1 aliphatic carbocycles. The summed E-state index contributed by atoms with van der Waals surface area (Å²) < 4.78 is 0. The van der Waals surface area contributed by atoms with Gasteiger partial charge in [0, 0.05) is 11.6 Å². The summed E-state index contributed by atoms with van der Waals surface area (Å²) in [6.07, 6.45) is 6.51. The zero-order valence-corrected chi connectivity index (χ0v) is 11.6. The lowest BCUT2D eigenvalue weighted by Gasteiger charge is -2.45. The molecule has 1 aliphatic rings. The van der Waals surface area contributed by atoms with Gasteiger partial charge in [0.25, 0.3) is 0 Å². The van der Waals surface area contributed by atoms with Crippen LogP contribution in [0.25, 0.3) is 0 Å². The second-order valence-corrected chi connectivity index (χ2v) is 5.72. The van der Waals surface area contributed by atoms with Gasteiger partial charge in [-0.25, -0.2) is 0 Å². The lowest BCUT2D eigenvalue weighted by atomic mass is 9.82. The average Bonchev–Trinajstić information content (AvgIpc) is 2.69.